The number of carbonyl (C=O) groups excluding carboxylic acids is 2. The van der Waals surface area contributed by atoms with Crippen molar-refractivity contribution in [3.8, 4) is 0 Å². The second-order valence-electron chi connectivity index (χ2n) is 3.90. The monoisotopic (exact) mass is 290 g/mol. The molecule has 0 saturated carbocycles. The summed E-state index contributed by atoms with van der Waals surface area (Å²) in [5, 5.41) is 5.11. The molecule has 0 heterocycles. The summed E-state index contributed by atoms with van der Waals surface area (Å²) < 4.78 is 15.6. The fourth-order valence-corrected chi connectivity index (χ4v) is 1.28. The SMILES string of the molecule is CCNC(=O)CNC(=O)CCOCCOCCOCC. The number of likely N-dealkylation sites (N-methyl/N-ethyl adjacent to an activating group) is 1. The third-order valence-electron chi connectivity index (χ3n) is 2.24. The summed E-state index contributed by atoms with van der Waals surface area (Å²) in [6, 6.07) is 0. The Morgan fingerprint density at radius 3 is 2.00 bits per heavy atom. The molecule has 0 aromatic carbocycles. The van der Waals surface area contributed by atoms with Crippen LogP contribution in [0.2, 0.25) is 0 Å². The maximum atomic E-state index is 11.3. The van der Waals surface area contributed by atoms with E-state index in [2.05, 4.69) is 10.6 Å². The van der Waals surface area contributed by atoms with Crippen molar-refractivity contribution < 1.29 is 23.8 Å². The van der Waals surface area contributed by atoms with Gasteiger partial charge in [0.25, 0.3) is 0 Å². The van der Waals surface area contributed by atoms with Crippen molar-refractivity contribution in [1.29, 1.82) is 0 Å². The second kappa shape index (κ2) is 14.2. The van der Waals surface area contributed by atoms with Gasteiger partial charge in [-0.25, -0.2) is 0 Å². The van der Waals surface area contributed by atoms with Gasteiger partial charge in [0.15, 0.2) is 0 Å². The van der Waals surface area contributed by atoms with E-state index in [9.17, 15) is 9.59 Å². The molecule has 0 spiro atoms. The number of nitrogens with one attached hydrogen (secondary N) is 2. The fraction of sp³-hybridized carbons (Fsp3) is 0.846. The Labute approximate surface area is 120 Å². The molecular formula is C13H26N2O5. The number of amides is 2. The maximum absolute atomic E-state index is 11.3. The average molecular weight is 290 g/mol. The van der Waals surface area contributed by atoms with Gasteiger partial charge in [0.1, 0.15) is 0 Å². The first-order chi connectivity index (χ1) is 9.70. The Morgan fingerprint density at radius 2 is 1.40 bits per heavy atom. The van der Waals surface area contributed by atoms with E-state index < -0.39 is 0 Å². The summed E-state index contributed by atoms with van der Waals surface area (Å²) in [5.41, 5.74) is 0. The van der Waals surface area contributed by atoms with Crippen LogP contribution in [0.3, 0.4) is 0 Å². The molecule has 0 fully saturated rings. The van der Waals surface area contributed by atoms with Crippen LogP contribution in [0.1, 0.15) is 20.3 Å². The van der Waals surface area contributed by atoms with Gasteiger partial charge >= 0.3 is 0 Å². The zero-order valence-electron chi connectivity index (χ0n) is 12.4. The van der Waals surface area contributed by atoms with Gasteiger partial charge in [-0.2, -0.15) is 0 Å². The molecule has 118 valence electrons. The van der Waals surface area contributed by atoms with Crippen LogP contribution in [0.25, 0.3) is 0 Å². The molecule has 20 heavy (non-hydrogen) atoms. The van der Waals surface area contributed by atoms with Crippen LogP contribution in [-0.4, -0.2) is 64.5 Å². The Hall–Kier alpha value is -1.18. The van der Waals surface area contributed by atoms with Gasteiger partial charge in [-0.05, 0) is 13.8 Å². The molecule has 7 nitrogen and oxygen atoms in total. The standard InChI is InChI=1S/C13H26N2O5/c1-3-14-13(17)11-15-12(16)5-6-19-9-10-20-8-7-18-4-2/h3-11H2,1-2H3,(H,14,17)(H,15,16). The molecule has 2 amide bonds. The number of hydrogen-bond acceptors (Lipinski definition) is 5. The molecule has 0 atom stereocenters. The van der Waals surface area contributed by atoms with E-state index in [1.54, 1.807) is 0 Å². The van der Waals surface area contributed by atoms with Crippen molar-refractivity contribution in [2.75, 3.05) is 52.7 Å². The van der Waals surface area contributed by atoms with Gasteiger partial charge in [-0.1, -0.05) is 0 Å². The predicted molar refractivity (Wildman–Crippen MR) is 74.4 cm³/mol. The van der Waals surface area contributed by atoms with Crippen LogP contribution >= 0.6 is 0 Å². The summed E-state index contributed by atoms with van der Waals surface area (Å²) >= 11 is 0. The molecule has 2 N–H and O–H groups in total. The highest BCUT2D eigenvalue weighted by molar-refractivity contribution is 5.84. The Kier molecular flexibility index (Phi) is 13.4. The second-order valence-corrected chi connectivity index (χ2v) is 3.90. The number of rotatable bonds is 13. The van der Waals surface area contributed by atoms with Gasteiger partial charge in [0, 0.05) is 19.6 Å². The molecule has 0 aliphatic rings. The first-order valence-corrected chi connectivity index (χ1v) is 6.97. The summed E-state index contributed by atoms with van der Waals surface area (Å²) in [5.74, 6) is -0.391. The minimum Gasteiger partial charge on any atom is -0.379 e. The lowest BCUT2D eigenvalue weighted by atomic mass is 10.4. The van der Waals surface area contributed by atoms with Gasteiger partial charge in [0.2, 0.25) is 11.8 Å². The van der Waals surface area contributed by atoms with Crippen LogP contribution in [-0.2, 0) is 23.8 Å². The van der Waals surface area contributed by atoms with E-state index in [1.807, 2.05) is 13.8 Å². The Bertz CT molecular complexity index is 261. The smallest absolute Gasteiger partial charge is 0.239 e. The van der Waals surface area contributed by atoms with Crippen LogP contribution < -0.4 is 10.6 Å². The van der Waals surface area contributed by atoms with Gasteiger partial charge in [-0.15, -0.1) is 0 Å². The van der Waals surface area contributed by atoms with Crippen molar-refractivity contribution in [2.24, 2.45) is 0 Å². The van der Waals surface area contributed by atoms with E-state index in [0.29, 0.717) is 46.2 Å². The highest BCUT2D eigenvalue weighted by Crippen LogP contribution is 1.85. The van der Waals surface area contributed by atoms with Crippen LogP contribution in [0.5, 0.6) is 0 Å². The normalized spacial score (nSPS) is 10.3. The van der Waals surface area contributed by atoms with Crippen molar-refractivity contribution in [3.63, 3.8) is 0 Å². The van der Waals surface area contributed by atoms with E-state index >= 15 is 0 Å². The van der Waals surface area contributed by atoms with E-state index in [1.165, 1.54) is 0 Å². The minimum atomic E-state index is -0.200. The Morgan fingerprint density at radius 1 is 0.800 bits per heavy atom. The van der Waals surface area contributed by atoms with Crippen molar-refractivity contribution >= 4 is 11.8 Å². The topological polar surface area (TPSA) is 85.9 Å². The molecule has 0 aliphatic carbocycles. The van der Waals surface area contributed by atoms with Crippen molar-refractivity contribution in [3.05, 3.63) is 0 Å². The molecule has 0 aromatic heterocycles. The highest BCUT2D eigenvalue weighted by Gasteiger charge is 2.04. The lowest BCUT2D eigenvalue weighted by Gasteiger charge is -2.07. The largest absolute Gasteiger partial charge is 0.379 e. The van der Waals surface area contributed by atoms with Gasteiger partial charge < -0.3 is 24.8 Å². The Balaban J connectivity index is 3.25. The lowest BCUT2D eigenvalue weighted by Crippen LogP contribution is -2.37. The van der Waals surface area contributed by atoms with E-state index in [0.717, 1.165) is 0 Å². The van der Waals surface area contributed by atoms with Gasteiger partial charge in [0.05, 0.1) is 39.6 Å². The lowest BCUT2D eigenvalue weighted by molar-refractivity contribution is -0.126. The predicted octanol–water partition coefficient (Wildman–Crippen LogP) is -0.301. The van der Waals surface area contributed by atoms with Crippen LogP contribution in [0, 0.1) is 0 Å². The number of ether oxygens (including phenoxy) is 3. The summed E-state index contributed by atoms with van der Waals surface area (Å²) in [6.45, 7) is 7.37. The summed E-state index contributed by atoms with van der Waals surface area (Å²) in [7, 11) is 0. The number of hydrogen-bond donors (Lipinski definition) is 2. The molecule has 0 bridgehead atoms. The summed E-state index contributed by atoms with van der Waals surface area (Å²) in [6.07, 6.45) is 0.234. The zero-order chi connectivity index (χ0) is 15.1. The quantitative estimate of drug-likeness (QED) is 0.455. The van der Waals surface area contributed by atoms with Crippen LogP contribution in [0.15, 0.2) is 0 Å². The van der Waals surface area contributed by atoms with Crippen molar-refractivity contribution in [1.82, 2.24) is 10.6 Å². The summed E-state index contributed by atoms with van der Waals surface area (Å²) in [4.78, 5) is 22.4. The average Bonchev–Trinajstić information content (AvgIpc) is 2.43. The highest BCUT2D eigenvalue weighted by atomic mass is 16.5. The molecule has 0 saturated heterocycles. The molecule has 0 aromatic rings. The van der Waals surface area contributed by atoms with Gasteiger partial charge in [-0.3, -0.25) is 9.59 Å². The molecule has 0 rings (SSSR count). The maximum Gasteiger partial charge on any atom is 0.239 e. The minimum absolute atomic E-state index is 0.00716. The third-order valence-corrected chi connectivity index (χ3v) is 2.24. The van der Waals surface area contributed by atoms with Crippen LogP contribution in [0.4, 0.5) is 0 Å². The van der Waals surface area contributed by atoms with E-state index in [-0.39, 0.29) is 24.8 Å². The fourth-order valence-electron chi connectivity index (χ4n) is 1.28. The first-order valence-electron chi connectivity index (χ1n) is 6.97. The third kappa shape index (κ3) is 13.3. The first kappa shape index (κ1) is 18.8. The zero-order valence-corrected chi connectivity index (χ0v) is 12.4. The van der Waals surface area contributed by atoms with Crippen molar-refractivity contribution in [2.45, 2.75) is 20.3 Å². The van der Waals surface area contributed by atoms with E-state index in [4.69, 9.17) is 14.2 Å². The molecule has 0 unspecified atom stereocenters. The number of carbonyl (C=O) groups is 2. The molecule has 7 heteroatoms. The molecular weight excluding hydrogens is 264 g/mol. The molecule has 0 radical (unpaired) electrons. The molecule has 0 aliphatic heterocycles.